The van der Waals surface area contributed by atoms with Crippen LogP contribution in [0.4, 0.5) is 0 Å². The lowest BCUT2D eigenvalue weighted by Crippen LogP contribution is -2.51. The summed E-state index contributed by atoms with van der Waals surface area (Å²) < 4.78 is 5.30. The largest absolute Gasteiger partial charge is 0.478 e. The molecule has 2 atom stereocenters. The number of carboxylic acid groups (broad SMARTS) is 1. The van der Waals surface area contributed by atoms with Crippen LogP contribution in [0.2, 0.25) is 0 Å². The molecule has 0 radical (unpaired) electrons. The van der Waals surface area contributed by atoms with Gasteiger partial charge in [0.1, 0.15) is 12.2 Å². The number of carbonyl (C=O) groups excluding carboxylic acids is 2. The Labute approximate surface area is 114 Å². The molecule has 0 spiro atoms. The molecule has 0 aromatic carbocycles. The van der Waals surface area contributed by atoms with Crippen LogP contribution in [0, 0.1) is 0 Å². The SMILES string of the molecule is O=C(O)c1ccnc(CN2C(=O)C3CCC(O3)C2=O)c1. The molecule has 2 saturated heterocycles. The van der Waals surface area contributed by atoms with Crippen LogP contribution in [0.1, 0.15) is 28.9 Å². The zero-order chi connectivity index (χ0) is 14.3. The third-order valence-electron chi connectivity index (χ3n) is 3.49. The van der Waals surface area contributed by atoms with E-state index in [-0.39, 0.29) is 23.9 Å². The van der Waals surface area contributed by atoms with Gasteiger partial charge in [-0.05, 0) is 25.0 Å². The van der Waals surface area contributed by atoms with Gasteiger partial charge in [-0.25, -0.2) is 4.79 Å². The van der Waals surface area contributed by atoms with Crippen molar-refractivity contribution in [1.82, 2.24) is 9.88 Å². The Balaban J connectivity index is 1.83. The summed E-state index contributed by atoms with van der Waals surface area (Å²) in [7, 11) is 0. The fraction of sp³-hybridized carbons (Fsp3) is 0.385. The molecule has 3 rings (SSSR count). The van der Waals surface area contributed by atoms with E-state index in [1.807, 2.05) is 0 Å². The van der Waals surface area contributed by atoms with E-state index in [2.05, 4.69) is 4.98 Å². The minimum absolute atomic E-state index is 0.0187. The quantitative estimate of drug-likeness (QED) is 0.792. The van der Waals surface area contributed by atoms with Crippen molar-refractivity contribution in [2.45, 2.75) is 31.6 Å². The van der Waals surface area contributed by atoms with E-state index >= 15 is 0 Å². The zero-order valence-electron chi connectivity index (χ0n) is 10.5. The number of carboxylic acids is 1. The van der Waals surface area contributed by atoms with Crippen molar-refractivity contribution in [2.75, 3.05) is 0 Å². The minimum Gasteiger partial charge on any atom is -0.478 e. The molecule has 2 aliphatic heterocycles. The lowest BCUT2D eigenvalue weighted by molar-refractivity contribution is -0.169. The molecular weight excluding hydrogens is 264 g/mol. The van der Waals surface area contributed by atoms with E-state index in [0.717, 1.165) is 4.90 Å². The summed E-state index contributed by atoms with van der Waals surface area (Å²) in [4.78, 5) is 40.1. The number of ether oxygens (including phenoxy) is 1. The predicted molar refractivity (Wildman–Crippen MR) is 64.6 cm³/mol. The normalized spacial score (nSPS) is 25.1. The van der Waals surface area contributed by atoms with Crippen LogP contribution in [0.5, 0.6) is 0 Å². The highest BCUT2D eigenvalue weighted by Crippen LogP contribution is 2.29. The summed E-state index contributed by atoms with van der Waals surface area (Å²) in [5.74, 6) is -1.81. The third kappa shape index (κ3) is 2.05. The Bertz CT molecular complexity index is 578. The Kier molecular flexibility index (Phi) is 2.98. The number of fused-ring (bicyclic) bond motifs is 2. The number of aromatic nitrogens is 1. The topological polar surface area (TPSA) is 96.8 Å². The number of amides is 2. The second-order valence-electron chi connectivity index (χ2n) is 4.79. The Hall–Kier alpha value is -2.28. The maximum atomic E-state index is 12.1. The Morgan fingerprint density at radius 3 is 2.60 bits per heavy atom. The number of morpholine rings is 1. The highest BCUT2D eigenvalue weighted by molar-refractivity contribution is 6.02. The molecule has 1 N–H and O–H groups in total. The van der Waals surface area contributed by atoms with Gasteiger partial charge in [-0.1, -0.05) is 0 Å². The summed E-state index contributed by atoms with van der Waals surface area (Å²) in [5, 5.41) is 8.92. The number of aromatic carboxylic acids is 1. The molecule has 7 heteroatoms. The summed E-state index contributed by atoms with van der Waals surface area (Å²) in [6, 6.07) is 2.72. The molecule has 7 nitrogen and oxygen atoms in total. The molecule has 0 aliphatic carbocycles. The molecule has 2 bridgehead atoms. The van der Waals surface area contributed by atoms with Gasteiger partial charge in [-0.3, -0.25) is 19.5 Å². The molecule has 3 heterocycles. The first kappa shape index (κ1) is 12.7. The van der Waals surface area contributed by atoms with Gasteiger partial charge >= 0.3 is 5.97 Å². The molecule has 2 fully saturated rings. The first-order chi connectivity index (χ1) is 9.56. The number of carbonyl (C=O) groups is 3. The molecule has 104 valence electrons. The van der Waals surface area contributed by atoms with Crippen molar-refractivity contribution in [2.24, 2.45) is 0 Å². The Morgan fingerprint density at radius 1 is 1.35 bits per heavy atom. The van der Waals surface area contributed by atoms with Crippen molar-refractivity contribution >= 4 is 17.8 Å². The summed E-state index contributed by atoms with van der Waals surface area (Å²) in [6.45, 7) is -0.0187. The van der Waals surface area contributed by atoms with Crippen LogP contribution in [-0.4, -0.2) is 45.0 Å². The van der Waals surface area contributed by atoms with E-state index in [0.29, 0.717) is 18.5 Å². The van der Waals surface area contributed by atoms with Gasteiger partial charge in [0.2, 0.25) is 0 Å². The lowest BCUT2D eigenvalue weighted by Gasteiger charge is -2.29. The van der Waals surface area contributed by atoms with Crippen molar-refractivity contribution in [3.8, 4) is 0 Å². The summed E-state index contributed by atoms with van der Waals surface area (Å²) in [5.41, 5.74) is 0.444. The second-order valence-corrected chi connectivity index (χ2v) is 4.79. The number of hydrogen-bond acceptors (Lipinski definition) is 5. The van der Waals surface area contributed by atoms with Crippen molar-refractivity contribution in [1.29, 1.82) is 0 Å². The first-order valence-electron chi connectivity index (χ1n) is 6.25. The maximum absolute atomic E-state index is 12.1. The van der Waals surface area contributed by atoms with E-state index in [9.17, 15) is 14.4 Å². The van der Waals surface area contributed by atoms with Gasteiger partial charge in [0.05, 0.1) is 17.8 Å². The standard InChI is InChI=1S/C13H12N2O5/c16-11-9-1-2-10(20-9)12(17)15(11)6-8-5-7(13(18)19)3-4-14-8/h3-5,9-10H,1-2,6H2,(H,18,19). The van der Waals surface area contributed by atoms with Gasteiger partial charge in [0, 0.05) is 6.20 Å². The van der Waals surface area contributed by atoms with Gasteiger partial charge in [0.15, 0.2) is 0 Å². The van der Waals surface area contributed by atoms with Gasteiger partial charge in [-0.15, -0.1) is 0 Å². The molecule has 2 aliphatic rings. The number of pyridine rings is 1. The number of nitrogens with zero attached hydrogens (tertiary/aromatic N) is 2. The molecule has 1 aromatic rings. The van der Waals surface area contributed by atoms with Gasteiger partial charge in [-0.2, -0.15) is 0 Å². The minimum atomic E-state index is -1.08. The highest BCUT2D eigenvalue weighted by atomic mass is 16.5. The fourth-order valence-corrected chi connectivity index (χ4v) is 2.47. The molecular formula is C13H12N2O5. The lowest BCUT2D eigenvalue weighted by atomic mass is 10.2. The van der Waals surface area contributed by atoms with Gasteiger partial charge in [0.25, 0.3) is 11.8 Å². The van der Waals surface area contributed by atoms with Crippen LogP contribution >= 0.6 is 0 Å². The third-order valence-corrected chi connectivity index (χ3v) is 3.49. The molecule has 0 saturated carbocycles. The average molecular weight is 276 g/mol. The van der Waals surface area contributed by atoms with Crippen molar-refractivity contribution in [3.63, 3.8) is 0 Å². The van der Waals surface area contributed by atoms with E-state index in [1.165, 1.54) is 18.3 Å². The number of imide groups is 1. The second kappa shape index (κ2) is 4.68. The number of likely N-dealkylation sites (tertiary alicyclic amines) is 1. The molecule has 1 aromatic heterocycles. The fourth-order valence-electron chi connectivity index (χ4n) is 2.47. The smallest absolute Gasteiger partial charge is 0.335 e. The number of hydrogen-bond donors (Lipinski definition) is 1. The van der Waals surface area contributed by atoms with E-state index in [1.54, 1.807) is 0 Å². The summed E-state index contributed by atoms with van der Waals surface area (Å²) in [6.07, 6.45) is 1.34. The zero-order valence-corrected chi connectivity index (χ0v) is 10.5. The maximum Gasteiger partial charge on any atom is 0.335 e. The predicted octanol–water partition coefficient (Wildman–Crippen LogP) is 0.196. The van der Waals surface area contributed by atoms with Crippen molar-refractivity contribution < 1.29 is 24.2 Å². The monoisotopic (exact) mass is 276 g/mol. The van der Waals surface area contributed by atoms with Crippen LogP contribution in [-0.2, 0) is 20.9 Å². The van der Waals surface area contributed by atoms with Crippen LogP contribution in [0.15, 0.2) is 18.3 Å². The van der Waals surface area contributed by atoms with Crippen LogP contribution in [0.25, 0.3) is 0 Å². The van der Waals surface area contributed by atoms with Crippen LogP contribution < -0.4 is 0 Å². The highest BCUT2D eigenvalue weighted by Gasteiger charge is 2.46. The number of rotatable bonds is 3. The molecule has 2 unspecified atom stereocenters. The molecule has 20 heavy (non-hydrogen) atoms. The summed E-state index contributed by atoms with van der Waals surface area (Å²) >= 11 is 0. The molecule has 2 amide bonds. The van der Waals surface area contributed by atoms with E-state index < -0.39 is 18.2 Å². The first-order valence-corrected chi connectivity index (χ1v) is 6.25. The average Bonchev–Trinajstić information content (AvgIpc) is 2.89. The van der Waals surface area contributed by atoms with Crippen molar-refractivity contribution in [3.05, 3.63) is 29.6 Å². The van der Waals surface area contributed by atoms with Gasteiger partial charge < -0.3 is 9.84 Å². The van der Waals surface area contributed by atoms with E-state index in [4.69, 9.17) is 9.84 Å². The Morgan fingerprint density at radius 2 is 2.00 bits per heavy atom. The van der Waals surface area contributed by atoms with Crippen LogP contribution in [0.3, 0.4) is 0 Å².